The predicted octanol–water partition coefficient (Wildman–Crippen LogP) is 5.97. The molecule has 0 fully saturated rings. The van der Waals surface area contributed by atoms with Gasteiger partial charge >= 0.3 is 0 Å². The summed E-state index contributed by atoms with van der Waals surface area (Å²) in [4.78, 5) is 20.6. The summed E-state index contributed by atoms with van der Waals surface area (Å²) in [5.41, 5.74) is 3.62. The van der Waals surface area contributed by atoms with Crippen molar-refractivity contribution in [2.75, 3.05) is 10.6 Å². The predicted molar refractivity (Wildman–Crippen MR) is 117 cm³/mol. The van der Waals surface area contributed by atoms with E-state index in [2.05, 4.69) is 20.6 Å². The number of Topliss-reactive ketones (excluding diaryl/α,β-unsaturated/α-hetero) is 1. The number of carbonyl (C=O) groups is 1. The van der Waals surface area contributed by atoms with E-state index in [-0.39, 0.29) is 11.6 Å². The Kier molecular flexibility index (Phi) is 5.48. The van der Waals surface area contributed by atoms with E-state index in [1.54, 1.807) is 24.3 Å². The molecular formula is C24H19FN4O. The zero-order valence-electron chi connectivity index (χ0n) is 16.3. The number of hydrogen-bond donors (Lipinski definition) is 2. The molecule has 0 bridgehead atoms. The molecule has 5 nitrogen and oxygen atoms in total. The molecule has 0 radical (unpaired) electrons. The molecule has 0 aliphatic carbocycles. The third-order valence-electron chi connectivity index (χ3n) is 4.44. The third kappa shape index (κ3) is 4.67. The maximum absolute atomic E-state index is 13.6. The Morgan fingerprint density at radius 3 is 2.27 bits per heavy atom. The Hall–Kier alpha value is -4.06. The number of anilines is 4. The number of ketones is 1. The van der Waals surface area contributed by atoms with Gasteiger partial charge in [0.1, 0.15) is 11.6 Å². The maximum atomic E-state index is 13.6. The molecule has 1 aromatic heterocycles. The molecule has 0 spiro atoms. The summed E-state index contributed by atoms with van der Waals surface area (Å²) in [7, 11) is 0. The molecule has 4 aromatic rings. The standard InChI is InChI=1S/C24H19FN4O/c1-16(30)17-10-12-20(13-11-17)26-23-15-22(18-6-3-2-4-7-18)28-24(29-23)27-21-9-5-8-19(25)14-21/h2-15H,1H3,(H2,26,27,28,29). The van der Waals surface area contributed by atoms with E-state index < -0.39 is 0 Å². The number of carbonyl (C=O) groups excluding carboxylic acids is 1. The van der Waals surface area contributed by atoms with Gasteiger partial charge in [0, 0.05) is 28.6 Å². The molecule has 148 valence electrons. The molecule has 2 N–H and O–H groups in total. The lowest BCUT2D eigenvalue weighted by atomic mass is 10.1. The Balaban J connectivity index is 1.68. The van der Waals surface area contributed by atoms with Crippen LogP contribution in [0, 0.1) is 5.82 Å². The number of aromatic nitrogens is 2. The lowest BCUT2D eigenvalue weighted by Gasteiger charge is -2.12. The van der Waals surface area contributed by atoms with Gasteiger partial charge in [-0.05, 0) is 49.4 Å². The highest BCUT2D eigenvalue weighted by atomic mass is 19.1. The zero-order chi connectivity index (χ0) is 20.9. The van der Waals surface area contributed by atoms with Crippen molar-refractivity contribution in [1.82, 2.24) is 9.97 Å². The van der Waals surface area contributed by atoms with Gasteiger partial charge < -0.3 is 10.6 Å². The Morgan fingerprint density at radius 1 is 0.800 bits per heavy atom. The number of benzene rings is 3. The van der Waals surface area contributed by atoms with Crippen molar-refractivity contribution in [1.29, 1.82) is 0 Å². The third-order valence-corrected chi connectivity index (χ3v) is 4.44. The average molecular weight is 398 g/mol. The van der Waals surface area contributed by atoms with Crippen molar-refractivity contribution in [3.8, 4) is 11.3 Å². The summed E-state index contributed by atoms with van der Waals surface area (Å²) in [6, 6.07) is 24.8. The molecule has 0 aliphatic rings. The van der Waals surface area contributed by atoms with Gasteiger partial charge in [-0.2, -0.15) is 4.98 Å². The maximum Gasteiger partial charge on any atom is 0.229 e. The Labute approximate surface area is 173 Å². The van der Waals surface area contributed by atoms with Crippen molar-refractivity contribution in [2.24, 2.45) is 0 Å². The van der Waals surface area contributed by atoms with Crippen LogP contribution in [0.3, 0.4) is 0 Å². The molecule has 0 saturated carbocycles. The van der Waals surface area contributed by atoms with Crippen LogP contribution >= 0.6 is 0 Å². The zero-order valence-corrected chi connectivity index (χ0v) is 16.3. The molecule has 1 heterocycles. The minimum absolute atomic E-state index is 0.0107. The van der Waals surface area contributed by atoms with Crippen molar-refractivity contribution >= 4 is 28.9 Å². The molecule has 30 heavy (non-hydrogen) atoms. The fourth-order valence-corrected chi connectivity index (χ4v) is 2.96. The van der Waals surface area contributed by atoms with Crippen LogP contribution in [0.4, 0.5) is 27.5 Å². The van der Waals surface area contributed by atoms with Crippen LogP contribution < -0.4 is 10.6 Å². The first-order valence-electron chi connectivity index (χ1n) is 9.42. The molecule has 6 heteroatoms. The monoisotopic (exact) mass is 398 g/mol. The highest BCUT2D eigenvalue weighted by molar-refractivity contribution is 5.94. The summed E-state index contributed by atoms with van der Waals surface area (Å²) < 4.78 is 13.6. The Bertz CT molecular complexity index is 1180. The topological polar surface area (TPSA) is 66.9 Å². The van der Waals surface area contributed by atoms with E-state index in [0.717, 1.165) is 11.3 Å². The lowest BCUT2D eigenvalue weighted by Crippen LogP contribution is -2.03. The fraction of sp³-hybridized carbons (Fsp3) is 0.0417. The second-order valence-corrected chi connectivity index (χ2v) is 6.72. The number of rotatable bonds is 6. The fourth-order valence-electron chi connectivity index (χ4n) is 2.96. The van der Waals surface area contributed by atoms with Crippen LogP contribution in [0.25, 0.3) is 11.3 Å². The van der Waals surface area contributed by atoms with E-state index in [9.17, 15) is 9.18 Å². The molecule has 0 amide bonds. The quantitative estimate of drug-likeness (QED) is 0.392. The summed E-state index contributed by atoms with van der Waals surface area (Å²) >= 11 is 0. The molecule has 0 aliphatic heterocycles. The van der Waals surface area contributed by atoms with E-state index in [0.29, 0.717) is 28.7 Å². The normalized spacial score (nSPS) is 10.5. The largest absolute Gasteiger partial charge is 0.340 e. The van der Waals surface area contributed by atoms with E-state index in [1.807, 2.05) is 48.5 Å². The lowest BCUT2D eigenvalue weighted by molar-refractivity contribution is 0.101. The van der Waals surface area contributed by atoms with Crippen LogP contribution in [0.15, 0.2) is 84.9 Å². The van der Waals surface area contributed by atoms with Gasteiger partial charge in [-0.25, -0.2) is 9.37 Å². The first-order chi connectivity index (χ1) is 14.6. The smallest absolute Gasteiger partial charge is 0.229 e. The highest BCUT2D eigenvalue weighted by Gasteiger charge is 2.09. The number of hydrogen-bond acceptors (Lipinski definition) is 5. The van der Waals surface area contributed by atoms with Crippen molar-refractivity contribution in [2.45, 2.75) is 6.92 Å². The Morgan fingerprint density at radius 2 is 1.57 bits per heavy atom. The van der Waals surface area contributed by atoms with Gasteiger partial charge in [-0.15, -0.1) is 0 Å². The van der Waals surface area contributed by atoms with E-state index >= 15 is 0 Å². The van der Waals surface area contributed by atoms with Crippen LogP contribution in [-0.2, 0) is 0 Å². The number of nitrogens with zero attached hydrogens (tertiary/aromatic N) is 2. The van der Waals surface area contributed by atoms with Gasteiger partial charge in [0.25, 0.3) is 0 Å². The molecule has 0 atom stereocenters. The summed E-state index contributed by atoms with van der Waals surface area (Å²) in [5.74, 6) is 0.572. The summed E-state index contributed by atoms with van der Waals surface area (Å²) in [5, 5.41) is 6.30. The number of halogens is 1. The van der Waals surface area contributed by atoms with Gasteiger partial charge in [-0.1, -0.05) is 36.4 Å². The van der Waals surface area contributed by atoms with Crippen molar-refractivity contribution in [3.05, 3.63) is 96.3 Å². The highest BCUT2D eigenvalue weighted by Crippen LogP contribution is 2.25. The first kappa shape index (κ1) is 19.3. The van der Waals surface area contributed by atoms with Crippen molar-refractivity contribution in [3.63, 3.8) is 0 Å². The molecule has 3 aromatic carbocycles. The summed E-state index contributed by atoms with van der Waals surface area (Å²) in [6.45, 7) is 1.53. The number of nitrogens with one attached hydrogen (secondary N) is 2. The molecular weight excluding hydrogens is 379 g/mol. The summed E-state index contributed by atoms with van der Waals surface area (Å²) in [6.07, 6.45) is 0. The van der Waals surface area contributed by atoms with Gasteiger partial charge in [0.05, 0.1) is 5.69 Å². The van der Waals surface area contributed by atoms with Crippen LogP contribution in [0.1, 0.15) is 17.3 Å². The van der Waals surface area contributed by atoms with Crippen molar-refractivity contribution < 1.29 is 9.18 Å². The van der Waals surface area contributed by atoms with Gasteiger partial charge in [0.2, 0.25) is 5.95 Å². The SMILES string of the molecule is CC(=O)c1ccc(Nc2cc(-c3ccccc3)nc(Nc3cccc(F)c3)n2)cc1. The average Bonchev–Trinajstić information content (AvgIpc) is 2.75. The molecule has 4 rings (SSSR count). The molecule has 0 saturated heterocycles. The minimum atomic E-state index is -0.344. The van der Waals surface area contributed by atoms with Gasteiger partial charge in [-0.3, -0.25) is 4.79 Å². The van der Waals surface area contributed by atoms with E-state index in [1.165, 1.54) is 19.1 Å². The van der Waals surface area contributed by atoms with Crippen LogP contribution in [0.5, 0.6) is 0 Å². The molecule has 0 unspecified atom stereocenters. The van der Waals surface area contributed by atoms with Gasteiger partial charge in [0.15, 0.2) is 5.78 Å². The minimum Gasteiger partial charge on any atom is -0.340 e. The second kappa shape index (κ2) is 8.53. The van der Waals surface area contributed by atoms with Crippen LogP contribution in [0.2, 0.25) is 0 Å². The first-order valence-corrected chi connectivity index (χ1v) is 9.42. The van der Waals surface area contributed by atoms with E-state index in [4.69, 9.17) is 0 Å². The van der Waals surface area contributed by atoms with Crippen LogP contribution in [-0.4, -0.2) is 15.8 Å². The second-order valence-electron chi connectivity index (χ2n) is 6.72.